The van der Waals surface area contributed by atoms with E-state index in [1.165, 1.54) is 4.63 Å². The zero-order valence-corrected chi connectivity index (χ0v) is 8.28. The molecule has 4 heterocycles. The number of hydrogen-bond acceptors (Lipinski definition) is 3. The van der Waals surface area contributed by atoms with Crippen molar-refractivity contribution in [2.45, 2.75) is 0 Å². The highest BCUT2D eigenvalue weighted by Crippen LogP contribution is 1.94. The third-order valence-electron chi connectivity index (χ3n) is 2.12. The molecule has 0 saturated carbocycles. The lowest BCUT2D eigenvalue weighted by Gasteiger charge is -1.74. The normalized spacial score (nSPS) is 10.5. The highest BCUT2D eigenvalue weighted by atomic mass is 15.4. The Labute approximate surface area is 89.7 Å². The van der Waals surface area contributed by atoms with E-state index in [9.17, 15) is 0 Å². The molecule has 0 atom stereocenters. The molecule has 4 aromatic rings. The fraction of sp³-hybridized carbons (Fsp3) is 0. The standard InChI is InChI=1S/C5H5N3.C4H4N4/c1-2-7-8-4-3-6-5(1)8;1-2-6-8-4(1)5-3-7-8/h1-4,7H;1-3H,(H,5,7). The molecule has 0 radical (unpaired) electrons. The van der Waals surface area contributed by atoms with Crippen molar-refractivity contribution in [1.29, 1.82) is 0 Å². The van der Waals surface area contributed by atoms with Crippen LogP contribution in [-0.4, -0.2) is 34.4 Å². The first kappa shape index (κ1) is 8.72. The first-order valence-corrected chi connectivity index (χ1v) is 4.73. The Morgan fingerprint density at radius 1 is 1.12 bits per heavy atom. The van der Waals surface area contributed by atoms with Crippen molar-refractivity contribution < 1.29 is 0 Å². The Balaban J connectivity index is 0.000000101. The minimum Gasteiger partial charge on any atom is -0.328 e. The van der Waals surface area contributed by atoms with Gasteiger partial charge in [-0.1, -0.05) is 0 Å². The first-order chi connectivity index (χ1) is 7.93. The van der Waals surface area contributed by atoms with Crippen LogP contribution in [0.1, 0.15) is 0 Å². The van der Waals surface area contributed by atoms with Crippen LogP contribution in [0.15, 0.2) is 43.2 Å². The van der Waals surface area contributed by atoms with Gasteiger partial charge in [-0.3, -0.25) is 0 Å². The zero-order chi connectivity index (χ0) is 10.8. The van der Waals surface area contributed by atoms with E-state index in [1.807, 2.05) is 29.0 Å². The van der Waals surface area contributed by atoms with E-state index in [0.717, 1.165) is 11.3 Å². The number of imidazole rings is 1. The molecule has 0 aliphatic heterocycles. The number of hydrogen-bond donors (Lipinski definition) is 2. The van der Waals surface area contributed by atoms with Gasteiger partial charge in [-0.25, -0.2) is 9.50 Å². The van der Waals surface area contributed by atoms with Gasteiger partial charge in [0.25, 0.3) is 0 Å². The van der Waals surface area contributed by atoms with Crippen LogP contribution in [0.25, 0.3) is 11.3 Å². The topological polar surface area (TPSA) is 79.1 Å². The fourth-order valence-electron chi connectivity index (χ4n) is 1.38. The number of aromatic nitrogens is 7. The van der Waals surface area contributed by atoms with Gasteiger partial charge in [-0.2, -0.15) is 5.10 Å². The van der Waals surface area contributed by atoms with Gasteiger partial charge in [0.2, 0.25) is 0 Å². The van der Waals surface area contributed by atoms with Gasteiger partial charge >= 0.3 is 0 Å². The van der Waals surface area contributed by atoms with Crippen molar-refractivity contribution in [3.05, 3.63) is 43.2 Å². The highest BCUT2D eigenvalue weighted by Gasteiger charge is 1.88. The second-order valence-electron chi connectivity index (χ2n) is 3.11. The number of nitrogens with zero attached hydrogens (tertiary/aromatic N) is 5. The molecule has 4 rings (SSSR count). The highest BCUT2D eigenvalue weighted by molar-refractivity contribution is 5.34. The molecule has 0 spiro atoms. The lowest BCUT2D eigenvalue weighted by molar-refractivity contribution is 0.821. The molecule has 0 aliphatic rings. The summed E-state index contributed by atoms with van der Waals surface area (Å²) in [7, 11) is 0. The van der Waals surface area contributed by atoms with Gasteiger partial charge in [-0.15, -0.1) is 9.73 Å². The van der Waals surface area contributed by atoms with E-state index in [-0.39, 0.29) is 0 Å². The molecule has 0 bridgehead atoms. The molecule has 4 aromatic heterocycles. The third-order valence-corrected chi connectivity index (χ3v) is 2.12. The molecule has 0 amide bonds. The van der Waals surface area contributed by atoms with Crippen LogP contribution < -0.4 is 0 Å². The maximum atomic E-state index is 4.01. The molecule has 0 aromatic carbocycles. The number of fused-ring (bicyclic) bond motifs is 2. The molecule has 0 unspecified atom stereocenters. The van der Waals surface area contributed by atoms with Crippen molar-refractivity contribution in [2.24, 2.45) is 0 Å². The largest absolute Gasteiger partial charge is 0.328 e. The summed E-state index contributed by atoms with van der Waals surface area (Å²) in [6.07, 6.45) is 8.77. The maximum Gasteiger partial charge on any atom is 0.155 e. The predicted octanol–water partition coefficient (Wildman–Crippen LogP) is 0.720. The molecule has 16 heavy (non-hydrogen) atoms. The van der Waals surface area contributed by atoms with Crippen LogP contribution in [0.2, 0.25) is 0 Å². The van der Waals surface area contributed by atoms with E-state index in [1.54, 1.807) is 18.7 Å². The van der Waals surface area contributed by atoms with Crippen LogP contribution >= 0.6 is 0 Å². The minimum atomic E-state index is 0.921. The number of rotatable bonds is 0. The van der Waals surface area contributed by atoms with Gasteiger partial charge in [0.05, 0.1) is 6.20 Å². The lowest BCUT2D eigenvalue weighted by Crippen LogP contribution is -1.81. The Morgan fingerprint density at radius 2 is 2.12 bits per heavy atom. The summed E-state index contributed by atoms with van der Waals surface area (Å²) in [6, 6.07) is 3.77. The molecule has 0 aliphatic carbocycles. The smallest absolute Gasteiger partial charge is 0.155 e. The number of nitrogens with one attached hydrogen (secondary N) is 2. The van der Waals surface area contributed by atoms with Crippen molar-refractivity contribution in [1.82, 2.24) is 34.4 Å². The van der Waals surface area contributed by atoms with Crippen molar-refractivity contribution in [3.63, 3.8) is 0 Å². The lowest BCUT2D eigenvalue weighted by atomic mass is 10.7. The van der Waals surface area contributed by atoms with Gasteiger partial charge in [0, 0.05) is 30.7 Å². The summed E-state index contributed by atoms with van der Waals surface area (Å²) in [4.78, 5) is 6.90. The second-order valence-corrected chi connectivity index (χ2v) is 3.11. The SMILES string of the molecule is c1cc2[nH]cnn2n1.c1cn2[nH]ccc2n1. The van der Waals surface area contributed by atoms with Gasteiger partial charge in [0.15, 0.2) is 11.3 Å². The summed E-state index contributed by atoms with van der Waals surface area (Å²) in [6.45, 7) is 0. The van der Waals surface area contributed by atoms with E-state index < -0.39 is 0 Å². The molecule has 2 N–H and O–H groups in total. The fourth-order valence-corrected chi connectivity index (χ4v) is 1.38. The van der Waals surface area contributed by atoms with E-state index in [4.69, 9.17) is 0 Å². The number of aromatic amines is 2. The van der Waals surface area contributed by atoms with E-state index in [2.05, 4.69) is 25.3 Å². The molecular formula is C9H9N7. The summed E-state index contributed by atoms with van der Waals surface area (Å²) in [5.41, 5.74) is 1.88. The van der Waals surface area contributed by atoms with Crippen molar-refractivity contribution in [2.75, 3.05) is 0 Å². The van der Waals surface area contributed by atoms with Crippen LogP contribution in [0, 0.1) is 0 Å². The molecule has 80 valence electrons. The predicted molar refractivity (Wildman–Crippen MR) is 56.9 cm³/mol. The Hall–Kier alpha value is -2.57. The average molecular weight is 215 g/mol. The molecule has 7 heteroatoms. The Bertz CT molecular complexity index is 519. The molecular weight excluding hydrogens is 206 g/mol. The Kier molecular flexibility index (Phi) is 1.93. The van der Waals surface area contributed by atoms with Gasteiger partial charge in [0.1, 0.15) is 6.33 Å². The summed E-state index contributed by atoms with van der Waals surface area (Å²) >= 11 is 0. The van der Waals surface area contributed by atoms with Gasteiger partial charge in [-0.05, 0) is 0 Å². The van der Waals surface area contributed by atoms with Crippen molar-refractivity contribution >= 4 is 11.3 Å². The monoisotopic (exact) mass is 215 g/mol. The van der Waals surface area contributed by atoms with Crippen molar-refractivity contribution in [3.8, 4) is 0 Å². The van der Waals surface area contributed by atoms with Crippen LogP contribution in [-0.2, 0) is 0 Å². The van der Waals surface area contributed by atoms with Crippen LogP contribution in [0.5, 0.6) is 0 Å². The average Bonchev–Trinajstić information content (AvgIpc) is 2.99. The van der Waals surface area contributed by atoms with E-state index >= 15 is 0 Å². The third kappa shape index (κ3) is 1.44. The quantitative estimate of drug-likeness (QED) is 0.453. The van der Waals surface area contributed by atoms with Crippen LogP contribution in [0.4, 0.5) is 0 Å². The molecule has 0 fully saturated rings. The van der Waals surface area contributed by atoms with Gasteiger partial charge < -0.3 is 10.1 Å². The zero-order valence-electron chi connectivity index (χ0n) is 8.28. The molecule has 0 saturated heterocycles. The number of H-pyrrole nitrogens is 2. The summed E-state index contributed by atoms with van der Waals surface area (Å²) in [5, 5.41) is 10.6. The maximum absolute atomic E-state index is 4.01. The van der Waals surface area contributed by atoms with E-state index in [0.29, 0.717) is 0 Å². The molecule has 7 nitrogen and oxygen atoms in total. The first-order valence-electron chi connectivity index (χ1n) is 4.73. The minimum absolute atomic E-state index is 0.921. The summed E-state index contributed by atoms with van der Waals surface area (Å²) in [5.74, 6) is 0. The second kappa shape index (κ2) is 3.54. The van der Waals surface area contributed by atoms with Crippen LogP contribution in [0.3, 0.4) is 0 Å². The Morgan fingerprint density at radius 3 is 3.00 bits per heavy atom. The summed E-state index contributed by atoms with van der Waals surface area (Å²) < 4.78 is 3.38.